The van der Waals surface area contributed by atoms with Crippen LogP contribution in [0.5, 0.6) is 0 Å². The van der Waals surface area contributed by atoms with Crippen LogP contribution in [0.4, 0.5) is 8.78 Å². The summed E-state index contributed by atoms with van der Waals surface area (Å²) in [5, 5.41) is 11.5. The van der Waals surface area contributed by atoms with E-state index in [0.717, 1.165) is 6.08 Å². The van der Waals surface area contributed by atoms with Crippen LogP contribution in [0.2, 0.25) is 0 Å². The average molecular weight is 495 g/mol. The Bertz CT molecular complexity index is 1070. The number of rotatable bonds is 3. The minimum absolute atomic E-state index is 0.0406. The third-order valence-electron chi connectivity index (χ3n) is 9.44. The Morgan fingerprint density at radius 3 is 2.54 bits per heavy atom. The number of Topliss-reactive ketones (excluding diaryl/α,β-unsaturated/α-hetero) is 1. The molecule has 3 unspecified atom stereocenters. The lowest BCUT2D eigenvalue weighted by Gasteiger charge is -2.63. The Morgan fingerprint density at radius 1 is 1.20 bits per heavy atom. The smallest absolute Gasteiger partial charge is 0.303 e. The molecular formula is C26H32F2O7. The van der Waals surface area contributed by atoms with E-state index >= 15 is 8.78 Å². The van der Waals surface area contributed by atoms with Gasteiger partial charge in [-0.05, 0) is 63.7 Å². The lowest BCUT2D eigenvalue weighted by Crippen LogP contribution is -2.71. The highest BCUT2D eigenvalue weighted by atomic mass is 19.1. The zero-order chi connectivity index (χ0) is 25.8. The van der Waals surface area contributed by atoms with Gasteiger partial charge in [0.1, 0.15) is 6.17 Å². The number of carbonyl (C=O) groups is 3. The molecule has 0 radical (unpaired) electrons. The molecule has 35 heavy (non-hydrogen) atoms. The Labute approximate surface area is 202 Å². The lowest BCUT2D eigenvalue weighted by atomic mass is 9.44. The molecule has 7 nitrogen and oxygen atoms in total. The fraction of sp³-hybridized carbons (Fsp3) is 0.731. The molecular weight excluding hydrogens is 462 g/mol. The molecule has 0 amide bonds. The summed E-state index contributed by atoms with van der Waals surface area (Å²) in [6, 6.07) is 0. The maximum Gasteiger partial charge on any atom is 0.303 e. The fourth-order valence-electron chi connectivity index (χ4n) is 8.08. The van der Waals surface area contributed by atoms with Gasteiger partial charge in [0.15, 0.2) is 29.4 Å². The van der Waals surface area contributed by atoms with Crippen molar-refractivity contribution in [2.75, 3.05) is 6.61 Å². The van der Waals surface area contributed by atoms with Crippen molar-refractivity contribution in [3.8, 4) is 0 Å². The van der Waals surface area contributed by atoms with Gasteiger partial charge in [-0.25, -0.2) is 8.78 Å². The van der Waals surface area contributed by atoms with Crippen LogP contribution in [0.25, 0.3) is 0 Å². The minimum Gasteiger partial charge on any atom is -0.458 e. The molecule has 0 aromatic carbocycles. The molecule has 1 heterocycles. The van der Waals surface area contributed by atoms with Gasteiger partial charge in [0.05, 0.1) is 12.2 Å². The Morgan fingerprint density at radius 2 is 1.89 bits per heavy atom. The van der Waals surface area contributed by atoms with E-state index in [1.807, 2.05) is 0 Å². The number of halogens is 2. The number of hydrogen-bond donors (Lipinski definition) is 1. The molecule has 1 saturated heterocycles. The van der Waals surface area contributed by atoms with E-state index in [4.69, 9.17) is 14.2 Å². The van der Waals surface area contributed by atoms with Crippen LogP contribution < -0.4 is 0 Å². The van der Waals surface area contributed by atoms with Gasteiger partial charge in [-0.15, -0.1) is 0 Å². The molecule has 4 fully saturated rings. The maximum atomic E-state index is 17.3. The number of alkyl halides is 2. The summed E-state index contributed by atoms with van der Waals surface area (Å²) in [6.07, 6.45) is -0.345. The predicted octanol–water partition coefficient (Wildman–Crippen LogP) is 2.94. The van der Waals surface area contributed by atoms with Crippen molar-refractivity contribution in [2.24, 2.45) is 22.7 Å². The van der Waals surface area contributed by atoms with Crippen LogP contribution in [-0.2, 0) is 28.6 Å². The Hall–Kier alpha value is -1.97. The normalized spacial score (nSPS) is 49.4. The Kier molecular flexibility index (Phi) is 5.15. The van der Waals surface area contributed by atoms with Gasteiger partial charge in [-0.2, -0.15) is 0 Å². The third-order valence-corrected chi connectivity index (χ3v) is 9.44. The predicted molar refractivity (Wildman–Crippen MR) is 118 cm³/mol. The molecule has 1 N–H and O–H groups in total. The summed E-state index contributed by atoms with van der Waals surface area (Å²) in [7, 11) is 0. The number of hydrogen-bond acceptors (Lipinski definition) is 7. The van der Waals surface area contributed by atoms with Gasteiger partial charge in [0, 0.05) is 23.7 Å². The van der Waals surface area contributed by atoms with Gasteiger partial charge in [0.2, 0.25) is 5.78 Å². The first-order valence-corrected chi connectivity index (χ1v) is 12.1. The van der Waals surface area contributed by atoms with Crippen molar-refractivity contribution in [1.82, 2.24) is 0 Å². The van der Waals surface area contributed by atoms with Crippen molar-refractivity contribution in [1.29, 1.82) is 0 Å². The van der Waals surface area contributed by atoms with Crippen molar-refractivity contribution < 1.29 is 42.5 Å². The molecule has 0 spiro atoms. The second kappa shape index (κ2) is 7.29. The molecule has 9 heteroatoms. The average Bonchev–Trinajstić information content (AvgIpc) is 3.16. The number of allylic oxidation sites excluding steroid dienone is 4. The molecule has 5 rings (SSSR count). The van der Waals surface area contributed by atoms with Gasteiger partial charge in [-0.3, -0.25) is 14.4 Å². The number of ether oxygens (including phenoxy) is 3. The molecule has 3 saturated carbocycles. The van der Waals surface area contributed by atoms with Crippen LogP contribution in [0.1, 0.15) is 53.9 Å². The van der Waals surface area contributed by atoms with Gasteiger partial charge < -0.3 is 19.3 Å². The number of aliphatic hydroxyl groups excluding tert-OH is 1. The van der Waals surface area contributed by atoms with Crippen LogP contribution in [0.15, 0.2) is 23.8 Å². The standard InChI is InChI=1S/C26H32F2O7/c1-13(29)33-12-20(32)26-21(34-22(2,3)35-26)10-15-16-9-18(27)17-8-14(30)6-7-23(17,4)25(16,28)19(31)11-24(15,26)5/h6-8,15-16,18-19,21,31H,9-12H2,1-5H3/t15?,16?,18-,19?,21+,23-,24-,25-,26+/m0/s1. The molecule has 192 valence electrons. The number of carbonyl (C=O) groups excluding carboxylic acids is 3. The lowest BCUT2D eigenvalue weighted by molar-refractivity contribution is -0.249. The molecule has 0 bridgehead atoms. The van der Waals surface area contributed by atoms with E-state index in [1.165, 1.54) is 26.0 Å². The monoisotopic (exact) mass is 494 g/mol. The fourth-order valence-corrected chi connectivity index (χ4v) is 8.08. The maximum absolute atomic E-state index is 17.3. The highest BCUT2D eigenvalue weighted by Crippen LogP contribution is 2.72. The molecule has 0 aromatic heterocycles. The van der Waals surface area contributed by atoms with Crippen LogP contribution in [0, 0.1) is 22.7 Å². The molecule has 9 atom stereocenters. The van der Waals surface area contributed by atoms with E-state index < -0.39 is 82.2 Å². The summed E-state index contributed by atoms with van der Waals surface area (Å²) < 4.78 is 50.3. The first-order chi connectivity index (χ1) is 16.1. The second-order valence-electron chi connectivity index (χ2n) is 11.6. The van der Waals surface area contributed by atoms with E-state index in [-0.39, 0.29) is 24.8 Å². The van der Waals surface area contributed by atoms with Crippen LogP contribution >= 0.6 is 0 Å². The number of aliphatic hydroxyl groups is 1. The third kappa shape index (κ3) is 2.95. The van der Waals surface area contributed by atoms with E-state index in [9.17, 15) is 19.5 Å². The topological polar surface area (TPSA) is 99.1 Å². The second-order valence-corrected chi connectivity index (χ2v) is 11.6. The quantitative estimate of drug-likeness (QED) is 0.603. The van der Waals surface area contributed by atoms with Crippen molar-refractivity contribution >= 4 is 17.5 Å². The Balaban J connectivity index is 1.62. The highest BCUT2D eigenvalue weighted by Gasteiger charge is 2.80. The highest BCUT2D eigenvalue weighted by molar-refractivity contribution is 6.01. The summed E-state index contributed by atoms with van der Waals surface area (Å²) in [5.74, 6) is -4.23. The summed E-state index contributed by atoms with van der Waals surface area (Å²) >= 11 is 0. The number of esters is 1. The van der Waals surface area contributed by atoms with Gasteiger partial charge >= 0.3 is 5.97 Å². The molecule has 0 aromatic rings. The van der Waals surface area contributed by atoms with E-state index in [2.05, 4.69) is 0 Å². The molecule has 4 aliphatic carbocycles. The zero-order valence-electron chi connectivity index (χ0n) is 20.6. The van der Waals surface area contributed by atoms with Crippen LogP contribution in [-0.4, -0.2) is 64.7 Å². The van der Waals surface area contributed by atoms with Gasteiger partial charge in [0.25, 0.3) is 0 Å². The van der Waals surface area contributed by atoms with Gasteiger partial charge in [-0.1, -0.05) is 13.0 Å². The first kappa shape index (κ1) is 24.7. The van der Waals surface area contributed by atoms with E-state index in [1.54, 1.807) is 20.8 Å². The largest absolute Gasteiger partial charge is 0.458 e. The summed E-state index contributed by atoms with van der Waals surface area (Å²) in [6.45, 7) is 7.28. The first-order valence-electron chi connectivity index (χ1n) is 12.1. The van der Waals surface area contributed by atoms with E-state index in [0.29, 0.717) is 0 Å². The number of fused-ring (bicyclic) bond motifs is 7. The summed E-state index contributed by atoms with van der Waals surface area (Å²) in [4.78, 5) is 37.1. The molecule has 5 aliphatic rings. The van der Waals surface area contributed by atoms with Crippen molar-refractivity contribution in [3.63, 3.8) is 0 Å². The summed E-state index contributed by atoms with van der Waals surface area (Å²) in [5.41, 5.74) is -6.46. The zero-order valence-corrected chi connectivity index (χ0v) is 20.6. The van der Waals surface area contributed by atoms with Crippen molar-refractivity contribution in [2.45, 2.75) is 89.3 Å². The number of ketones is 2. The SMILES string of the molecule is CC(=O)OCC(=O)[C@@]12OC(C)(C)O[C@@H]1CC1C3C[C@H](F)C4=CC(=O)C=C[C@]4(C)[C@@]3(F)C(O)C[C@@]12C. The van der Waals surface area contributed by atoms with Crippen LogP contribution in [0.3, 0.4) is 0 Å². The minimum atomic E-state index is -2.27. The van der Waals surface area contributed by atoms with Crippen molar-refractivity contribution in [3.05, 3.63) is 23.8 Å². The molecule has 1 aliphatic heterocycles.